The Labute approximate surface area is 167 Å². The Hall–Kier alpha value is -0.530. The molecule has 2 N–H and O–H groups in total. The Kier molecular flexibility index (Phi) is 5.20. The number of Topliss-reactive ketones (excluding diaryl/α,β-unsaturated/α-hetero) is 1. The van der Waals surface area contributed by atoms with Gasteiger partial charge in [0.2, 0.25) is 0 Å². The summed E-state index contributed by atoms with van der Waals surface area (Å²) in [4.78, 5) is 13.8. The van der Waals surface area contributed by atoms with Gasteiger partial charge in [0.15, 0.2) is 0 Å². The Morgan fingerprint density at radius 1 is 1.21 bits per heavy atom. The van der Waals surface area contributed by atoms with Crippen molar-refractivity contribution in [1.29, 1.82) is 0 Å². The van der Waals surface area contributed by atoms with Gasteiger partial charge in [0.05, 0.1) is 30.3 Å². The summed E-state index contributed by atoms with van der Waals surface area (Å²) in [6, 6.07) is 0. The first-order valence-electron chi connectivity index (χ1n) is 10.8. The van der Waals surface area contributed by atoms with E-state index in [0.717, 1.165) is 32.1 Å². The number of carbonyl (C=O) groups is 1. The molecule has 0 amide bonds. The van der Waals surface area contributed by atoms with Crippen molar-refractivity contribution in [3.8, 4) is 0 Å². The molecule has 4 aliphatic rings. The van der Waals surface area contributed by atoms with Gasteiger partial charge in [-0.1, -0.05) is 6.92 Å². The maximum atomic E-state index is 13.8. The van der Waals surface area contributed by atoms with Crippen LogP contribution in [-0.2, 0) is 19.0 Å². The number of ether oxygens (including phenoxy) is 3. The molecule has 0 aromatic carbocycles. The van der Waals surface area contributed by atoms with Crippen LogP contribution in [0.5, 0.6) is 0 Å². The summed E-state index contributed by atoms with van der Waals surface area (Å²) in [7, 11) is 3.40. The second-order valence-electron chi connectivity index (χ2n) is 10.0. The molecule has 0 aliphatic heterocycles. The van der Waals surface area contributed by atoms with Gasteiger partial charge in [0.1, 0.15) is 12.6 Å². The molecule has 6 nitrogen and oxygen atoms in total. The third-order valence-electron chi connectivity index (χ3n) is 9.25. The molecule has 0 aromatic heterocycles. The third kappa shape index (κ3) is 2.54. The summed E-state index contributed by atoms with van der Waals surface area (Å²) in [5.74, 6) is 0.793. The molecule has 0 saturated heterocycles. The van der Waals surface area contributed by atoms with E-state index in [9.17, 15) is 15.0 Å². The highest BCUT2D eigenvalue weighted by atomic mass is 16.7. The highest BCUT2D eigenvalue weighted by Crippen LogP contribution is 2.78. The molecule has 1 spiro atoms. The number of carbonyl (C=O) groups excluding carboxylic acids is 1. The number of rotatable bonds is 6. The number of aliphatic hydroxyl groups excluding tert-OH is 2. The molecular formula is C22H36O6. The molecule has 6 heteroatoms. The average molecular weight is 397 g/mol. The van der Waals surface area contributed by atoms with Gasteiger partial charge >= 0.3 is 0 Å². The second kappa shape index (κ2) is 7.02. The number of methoxy groups -OCH3 is 2. The van der Waals surface area contributed by atoms with Crippen LogP contribution >= 0.6 is 0 Å². The maximum Gasteiger partial charge on any atom is 0.146 e. The summed E-state index contributed by atoms with van der Waals surface area (Å²) in [6.07, 6.45) is 4.54. The van der Waals surface area contributed by atoms with E-state index in [1.54, 1.807) is 14.2 Å². The van der Waals surface area contributed by atoms with Gasteiger partial charge in [-0.2, -0.15) is 0 Å². The van der Waals surface area contributed by atoms with Crippen molar-refractivity contribution in [2.75, 3.05) is 27.6 Å². The van der Waals surface area contributed by atoms with E-state index in [0.29, 0.717) is 18.3 Å². The molecule has 160 valence electrons. The summed E-state index contributed by atoms with van der Waals surface area (Å²) in [6.45, 7) is 3.63. The van der Waals surface area contributed by atoms with E-state index in [1.807, 2.05) is 6.92 Å². The highest BCUT2D eigenvalue weighted by molar-refractivity contribution is 5.88. The molecule has 4 rings (SSSR count). The fourth-order valence-corrected chi connectivity index (χ4v) is 7.68. The predicted octanol–water partition coefficient (Wildman–Crippen LogP) is 2.16. The lowest BCUT2D eigenvalue weighted by atomic mass is 9.50. The minimum atomic E-state index is -1.09. The third-order valence-corrected chi connectivity index (χ3v) is 9.25. The SMILES string of the molecule is COCO[C@@H]1C[C@@](C)(C(O)CO)C(=O)[C@H](C)C23CC[C@H]4C[C@]41C2[C@H](OC)CC3. The van der Waals surface area contributed by atoms with Crippen molar-refractivity contribution < 1.29 is 29.2 Å². The zero-order chi connectivity index (χ0) is 20.3. The lowest BCUT2D eigenvalue weighted by molar-refractivity contribution is -0.191. The smallest absolute Gasteiger partial charge is 0.146 e. The Morgan fingerprint density at radius 2 is 1.93 bits per heavy atom. The minimum absolute atomic E-state index is 0.0145. The normalized spacial score (nSPS) is 51.1. The number of hydrogen-bond donors (Lipinski definition) is 2. The Bertz CT molecular complexity index is 624. The zero-order valence-corrected chi connectivity index (χ0v) is 17.6. The van der Waals surface area contributed by atoms with Crippen LogP contribution in [0.2, 0.25) is 0 Å². The van der Waals surface area contributed by atoms with Gasteiger partial charge in [-0.3, -0.25) is 4.79 Å². The van der Waals surface area contributed by atoms with Gasteiger partial charge in [0.25, 0.3) is 0 Å². The number of aliphatic hydroxyl groups is 2. The molecule has 28 heavy (non-hydrogen) atoms. The van der Waals surface area contributed by atoms with E-state index in [1.165, 1.54) is 0 Å². The highest BCUT2D eigenvalue weighted by Gasteiger charge is 2.76. The zero-order valence-electron chi connectivity index (χ0n) is 17.6. The first kappa shape index (κ1) is 20.7. The number of ketones is 1. The molecule has 4 fully saturated rings. The van der Waals surface area contributed by atoms with Crippen LogP contribution in [0.1, 0.15) is 52.4 Å². The monoisotopic (exact) mass is 396 g/mol. The van der Waals surface area contributed by atoms with E-state index in [-0.39, 0.29) is 41.5 Å². The van der Waals surface area contributed by atoms with Crippen LogP contribution < -0.4 is 0 Å². The van der Waals surface area contributed by atoms with Crippen molar-refractivity contribution in [2.24, 2.45) is 34.0 Å². The number of hydrogen-bond acceptors (Lipinski definition) is 6. The van der Waals surface area contributed by atoms with Gasteiger partial charge in [0, 0.05) is 25.6 Å². The molecule has 4 aliphatic carbocycles. The summed E-state index contributed by atoms with van der Waals surface area (Å²) >= 11 is 0. The van der Waals surface area contributed by atoms with Crippen LogP contribution in [0.15, 0.2) is 0 Å². The van der Waals surface area contributed by atoms with Gasteiger partial charge in [-0.05, 0) is 62.7 Å². The summed E-state index contributed by atoms with van der Waals surface area (Å²) in [5, 5.41) is 20.4. The molecule has 4 saturated carbocycles. The van der Waals surface area contributed by atoms with Crippen LogP contribution in [0.3, 0.4) is 0 Å². The lowest BCUT2D eigenvalue weighted by Crippen LogP contribution is -2.59. The van der Waals surface area contributed by atoms with E-state index in [2.05, 4.69) is 6.92 Å². The van der Waals surface area contributed by atoms with Crippen LogP contribution in [-0.4, -0.2) is 61.9 Å². The molecule has 3 unspecified atom stereocenters. The van der Waals surface area contributed by atoms with E-state index >= 15 is 0 Å². The van der Waals surface area contributed by atoms with Crippen LogP contribution in [0, 0.1) is 34.0 Å². The van der Waals surface area contributed by atoms with Crippen LogP contribution in [0.4, 0.5) is 0 Å². The molecule has 2 bridgehead atoms. The van der Waals surface area contributed by atoms with Crippen molar-refractivity contribution in [3.05, 3.63) is 0 Å². The average Bonchev–Trinajstić information content (AvgIpc) is 3.33. The quantitative estimate of drug-likeness (QED) is 0.669. The van der Waals surface area contributed by atoms with E-state index < -0.39 is 18.1 Å². The second-order valence-corrected chi connectivity index (χ2v) is 10.0. The van der Waals surface area contributed by atoms with Crippen molar-refractivity contribution in [3.63, 3.8) is 0 Å². The minimum Gasteiger partial charge on any atom is -0.394 e. The predicted molar refractivity (Wildman–Crippen MR) is 102 cm³/mol. The first-order valence-corrected chi connectivity index (χ1v) is 10.8. The molecule has 0 heterocycles. The Morgan fingerprint density at radius 3 is 2.57 bits per heavy atom. The molecule has 9 atom stereocenters. The van der Waals surface area contributed by atoms with E-state index in [4.69, 9.17) is 14.2 Å². The summed E-state index contributed by atoms with van der Waals surface area (Å²) in [5.41, 5.74) is -1.14. The summed E-state index contributed by atoms with van der Waals surface area (Å²) < 4.78 is 17.4. The lowest BCUT2D eigenvalue weighted by Gasteiger charge is -2.55. The maximum absolute atomic E-state index is 13.8. The van der Waals surface area contributed by atoms with Crippen molar-refractivity contribution >= 4 is 5.78 Å². The Balaban J connectivity index is 1.84. The van der Waals surface area contributed by atoms with Gasteiger partial charge in [-0.25, -0.2) is 0 Å². The standard InChI is InChI=1S/C22H36O6/c1-13-19(25)20(2,16(24)11-23)10-17(28-12-26-3)22-9-14(22)5-7-21(13)8-6-15(27-4)18(21)22/h13-18,23-24H,5-12H2,1-4H3/t13-,14-,15+,16?,17+,18?,20-,21?,22-/m0/s1. The van der Waals surface area contributed by atoms with Gasteiger partial charge in [-0.15, -0.1) is 0 Å². The van der Waals surface area contributed by atoms with Crippen molar-refractivity contribution in [2.45, 2.75) is 70.7 Å². The molecule has 0 radical (unpaired) electrons. The topological polar surface area (TPSA) is 85.2 Å². The fraction of sp³-hybridized carbons (Fsp3) is 0.955. The molecule has 0 aromatic rings. The molecular weight excluding hydrogens is 360 g/mol. The largest absolute Gasteiger partial charge is 0.394 e. The van der Waals surface area contributed by atoms with Crippen molar-refractivity contribution in [1.82, 2.24) is 0 Å². The first-order chi connectivity index (χ1) is 13.3. The fourth-order valence-electron chi connectivity index (χ4n) is 7.68. The van der Waals surface area contributed by atoms with Gasteiger partial charge < -0.3 is 24.4 Å². The van der Waals surface area contributed by atoms with Crippen LogP contribution in [0.25, 0.3) is 0 Å².